The number of benzene rings is 2. The van der Waals surface area contributed by atoms with Gasteiger partial charge in [-0.05, 0) is 17.7 Å². The number of halogens is 2. The van der Waals surface area contributed by atoms with Crippen molar-refractivity contribution in [2.45, 2.75) is 12.6 Å². The number of ether oxygens (including phenoxy) is 2. The minimum Gasteiger partial charge on any atom is -0.486 e. The van der Waals surface area contributed by atoms with Crippen LogP contribution in [0.25, 0.3) is 0 Å². The van der Waals surface area contributed by atoms with Crippen molar-refractivity contribution in [1.29, 1.82) is 0 Å². The number of hydrogen-bond acceptors (Lipinski definition) is 3. The molecule has 0 N–H and O–H groups in total. The molecule has 1 aliphatic rings. The molecule has 1 heterocycles. The second kappa shape index (κ2) is 9.02. The summed E-state index contributed by atoms with van der Waals surface area (Å²) >= 11 is 5.95. The first-order valence-corrected chi connectivity index (χ1v) is 8.09. The van der Waals surface area contributed by atoms with Crippen LogP contribution in [0.5, 0.6) is 11.5 Å². The highest BCUT2D eigenvalue weighted by atomic mass is 35.5. The highest BCUT2D eigenvalue weighted by Gasteiger charge is 2.22. The van der Waals surface area contributed by atoms with E-state index in [-0.39, 0.29) is 18.5 Å². The fourth-order valence-corrected chi connectivity index (χ4v) is 2.88. The molecule has 2 aromatic rings. The molecule has 1 unspecified atom stereocenters. The Morgan fingerprint density at radius 2 is 1.70 bits per heavy atom. The molecule has 0 bridgehead atoms. The Bertz CT molecular complexity index is 595. The molecular formula is C18H21Cl2NO2. The average Bonchev–Trinajstić information content (AvgIpc) is 2.56. The van der Waals surface area contributed by atoms with Gasteiger partial charge in [0.2, 0.25) is 0 Å². The monoisotopic (exact) mass is 353 g/mol. The Morgan fingerprint density at radius 3 is 2.43 bits per heavy atom. The molecule has 1 atom stereocenters. The summed E-state index contributed by atoms with van der Waals surface area (Å²) in [6.07, 6.45) is 0.0295. The third kappa shape index (κ3) is 5.03. The molecule has 0 aliphatic carbocycles. The zero-order valence-corrected chi connectivity index (χ0v) is 14.4. The molecule has 3 rings (SSSR count). The van der Waals surface area contributed by atoms with E-state index in [1.807, 2.05) is 30.3 Å². The number of hydrogen-bond donors (Lipinski definition) is 0. The molecule has 3 nitrogen and oxygen atoms in total. The maximum absolute atomic E-state index is 6.04. The van der Waals surface area contributed by atoms with E-state index in [4.69, 9.17) is 21.1 Å². The van der Waals surface area contributed by atoms with Crippen LogP contribution in [0.3, 0.4) is 0 Å². The second-order valence-electron chi connectivity index (χ2n) is 5.41. The van der Waals surface area contributed by atoms with Gasteiger partial charge in [-0.2, -0.15) is 0 Å². The smallest absolute Gasteiger partial charge is 0.161 e. The lowest BCUT2D eigenvalue weighted by Crippen LogP contribution is -2.41. The van der Waals surface area contributed by atoms with Gasteiger partial charge in [0, 0.05) is 25.5 Å². The third-order valence-corrected chi connectivity index (χ3v) is 3.85. The van der Waals surface area contributed by atoms with Gasteiger partial charge in [-0.1, -0.05) is 42.5 Å². The summed E-state index contributed by atoms with van der Waals surface area (Å²) in [5.74, 6) is 2.26. The van der Waals surface area contributed by atoms with E-state index >= 15 is 0 Å². The van der Waals surface area contributed by atoms with E-state index in [2.05, 4.69) is 29.2 Å². The summed E-state index contributed by atoms with van der Waals surface area (Å²) in [5.41, 5.74) is 1.28. The van der Waals surface area contributed by atoms with Crippen molar-refractivity contribution in [3.05, 3.63) is 60.2 Å². The highest BCUT2D eigenvalue weighted by Crippen LogP contribution is 2.31. The molecule has 2 aromatic carbocycles. The summed E-state index contributed by atoms with van der Waals surface area (Å²) in [6.45, 7) is 3.08. The number of fused-ring (bicyclic) bond motifs is 1. The van der Waals surface area contributed by atoms with Crippen LogP contribution in [0.1, 0.15) is 5.56 Å². The van der Waals surface area contributed by atoms with Gasteiger partial charge in [0.25, 0.3) is 0 Å². The van der Waals surface area contributed by atoms with Crippen LogP contribution >= 0.6 is 24.0 Å². The predicted octanol–water partition coefficient (Wildman–Crippen LogP) is 3.99. The van der Waals surface area contributed by atoms with Gasteiger partial charge in [0.15, 0.2) is 11.5 Å². The summed E-state index contributed by atoms with van der Waals surface area (Å²) < 4.78 is 11.8. The SMILES string of the molecule is Cl.ClCCN(Cc1ccccc1)CC1COc2ccccc2O1. The second-order valence-corrected chi connectivity index (χ2v) is 5.79. The molecule has 124 valence electrons. The van der Waals surface area contributed by atoms with Crippen molar-refractivity contribution in [2.75, 3.05) is 25.6 Å². The minimum atomic E-state index is 0. The maximum atomic E-state index is 6.04. The largest absolute Gasteiger partial charge is 0.486 e. The quantitative estimate of drug-likeness (QED) is 0.733. The van der Waals surface area contributed by atoms with Crippen molar-refractivity contribution in [1.82, 2.24) is 4.90 Å². The van der Waals surface area contributed by atoms with E-state index in [0.29, 0.717) is 12.5 Å². The van der Waals surface area contributed by atoms with Crippen LogP contribution in [0.2, 0.25) is 0 Å². The van der Waals surface area contributed by atoms with E-state index in [1.54, 1.807) is 0 Å². The normalized spacial score (nSPS) is 16.0. The molecular weight excluding hydrogens is 333 g/mol. The van der Waals surface area contributed by atoms with Crippen LogP contribution < -0.4 is 9.47 Å². The lowest BCUT2D eigenvalue weighted by Gasteiger charge is -2.31. The fraction of sp³-hybridized carbons (Fsp3) is 0.333. The van der Waals surface area contributed by atoms with Crippen LogP contribution in [-0.4, -0.2) is 36.6 Å². The molecule has 1 aliphatic heterocycles. The highest BCUT2D eigenvalue weighted by molar-refractivity contribution is 6.18. The van der Waals surface area contributed by atoms with Crippen molar-refractivity contribution >= 4 is 24.0 Å². The van der Waals surface area contributed by atoms with E-state index in [1.165, 1.54) is 5.56 Å². The molecule has 0 saturated heterocycles. The van der Waals surface area contributed by atoms with Crippen LogP contribution in [0.4, 0.5) is 0 Å². The van der Waals surface area contributed by atoms with Crippen LogP contribution in [0, 0.1) is 0 Å². The van der Waals surface area contributed by atoms with Gasteiger partial charge in [-0.3, -0.25) is 4.90 Å². The lowest BCUT2D eigenvalue weighted by atomic mass is 10.2. The minimum absolute atomic E-state index is 0. The number of rotatable bonds is 6. The third-order valence-electron chi connectivity index (χ3n) is 3.68. The first kappa shape index (κ1) is 17.9. The summed E-state index contributed by atoms with van der Waals surface area (Å²) in [7, 11) is 0. The number of para-hydroxylation sites is 2. The Kier molecular flexibility index (Phi) is 7.03. The zero-order valence-electron chi connectivity index (χ0n) is 12.9. The molecule has 0 radical (unpaired) electrons. The maximum Gasteiger partial charge on any atom is 0.161 e. The van der Waals surface area contributed by atoms with E-state index in [0.717, 1.165) is 31.1 Å². The van der Waals surface area contributed by atoms with Gasteiger partial charge in [0.05, 0.1) is 0 Å². The van der Waals surface area contributed by atoms with Gasteiger partial charge >= 0.3 is 0 Å². The molecule has 0 aromatic heterocycles. The number of alkyl halides is 1. The summed E-state index contributed by atoms with van der Waals surface area (Å²) in [6, 6.07) is 18.2. The Labute approximate surface area is 148 Å². The molecule has 0 fully saturated rings. The fourth-order valence-electron chi connectivity index (χ4n) is 2.64. The van der Waals surface area contributed by atoms with Gasteiger partial charge in [0.1, 0.15) is 12.7 Å². The topological polar surface area (TPSA) is 21.7 Å². The molecule has 5 heteroatoms. The van der Waals surface area contributed by atoms with Crippen molar-refractivity contribution < 1.29 is 9.47 Å². The standard InChI is InChI=1S/C18H20ClNO2.ClH/c19-10-11-20(12-15-6-2-1-3-7-15)13-16-14-21-17-8-4-5-9-18(17)22-16;/h1-9,16H,10-14H2;1H. The van der Waals surface area contributed by atoms with Crippen molar-refractivity contribution in [3.8, 4) is 11.5 Å². The van der Waals surface area contributed by atoms with Gasteiger partial charge in [-0.15, -0.1) is 24.0 Å². The van der Waals surface area contributed by atoms with Crippen molar-refractivity contribution in [3.63, 3.8) is 0 Å². The average molecular weight is 354 g/mol. The Balaban J connectivity index is 0.00000192. The Morgan fingerprint density at radius 1 is 1.00 bits per heavy atom. The molecule has 0 amide bonds. The van der Waals surface area contributed by atoms with E-state index in [9.17, 15) is 0 Å². The zero-order chi connectivity index (χ0) is 15.2. The van der Waals surface area contributed by atoms with Gasteiger partial charge < -0.3 is 9.47 Å². The van der Waals surface area contributed by atoms with Crippen LogP contribution in [0.15, 0.2) is 54.6 Å². The lowest BCUT2D eigenvalue weighted by molar-refractivity contribution is 0.0582. The first-order chi connectivity index (χ1) is 10.8. The van der Waals surface area contributed by atoms with Gasteiger partial charge in [-0.25, -0.2) is 0 Å². The van der Waals surface area contributed by atoms with Crippen LogP contribution in [-0.2, 0) is 6.54 Å². The molecule has 0 saturated carbocycles. The number of nitrogens with zero attached hydrogens (tertiary/aromatic N) is 1. The predicted molar refractivity (Wildman–Crippen MR) is 96.0 cm³/mol. The molecule has 23 heavy (non-hydrogen) atoms. The summed E-state index contributed by atoms with van der Waals surface area (Å²) in [5, 5.41) is 0. The summed E-state index contributed by atoms with van der Waals surface area (Å²) in [4.78, 5) is 2.31. The van der Waals surface area contributed by atoms with Crippen molar-refractivity contribution in [2.24, 2.45) is 0 Å². The first-order valence-electron chi connectivity index (χ1n) is 7.56. The Hall–Kier alpha value is -1.42. The molecule has 0 spiro atoms. The van der Waals surface area contributed by atoms with E-state index < -0.39 is 0 Å².